The van der Waals surface area contributed by atoms with Crippen molar-refractivity contribution in [2.45, 2.75) is 217 Å². The zero-order chi connectivity index (χ0) is 71.1. The van der Waals surface area contributed by atoms with E-state index in [0.717, 1.165) is 190 Å². The highest BCUT2D eigenvalue weighted by atomic mass is 16.3. The van der Waals surface area contributed by atoms with Crippen molar-refractivity contribution in [2.75, 3.05) is 21.3 Å². The highest BCUT2D eigenvalue weighted by Crippen LogP contribution is 2.39. The summed E-state index contributed by atoms with van der Waals surface area (Å²) >= 11 is 0. The van der Waals surface area contributed by atoms with Gasteiger partial charge in [-0.1, -0.05) is 147 Å². The Morgan fingerprint density at radius 2 is 0.740 bits per heavy atom. The van der Waals surface area contributed by atoms with Gasteiger partial charge in [-0.15, -0.1) is 0 Å². The van der Waals surface area contributed by atoms with Crippen LogP contribution in [0, 0.1) is 17.8 Å². The molecule has 4 heterocycles. The first-order valence-corrected chi connectivity index (χ1v) is 36.1. The molecule has 20 nitrogen and oxygen atoms in total. The Morgan fingerprint density at radius 1 is 0.420 bits per heavy atom. The van der Waals surface area contributed by atoms with Crippen LogP contribution in [0.4, 0.5) is 23.3 Å². The highest BCUT2D eigenvalue weighted by molar-refractivity contribution is 5.93. The summed E-state index contributed by atoms with van der Waals surface area (Å²) in [6, 6.07) is 24.0. The second-order valence-electron chi connectivity index (χ2n) is 27.2. The van der Waals surface area contributed by atoms with Gasteiger partial charge in [-0.3, -0.25) is 19.2 Å². The number of benzene rings is 4. The lowest BCUT2D eigenvalue weighted by atomic mass is 9.87. The van der Waals surface area contributed by atoms with Gasteiger partial charge in [-0.05, 0) is 153 Å². The van der Waals surface area contributed by atoms with Crippen molar-refractivity contribution < 1.29 is 39.6 Å². The Bertz CT molecular complexity index is 4300. The van der Waals surface area contributed by atoms with E-state index in [9.17, 15) is 39.6 Å². The number of nitrogens with zero attached hydrogens (tertiary/aromatic N) is 8. The van der Waals surface area contributed by atoms with Gasteiger partial charge in [0.05, 0.1) is 94.8 Å². The molecule has 1 saturated carbocycles. The number of nitrogens with one attached hydrogen (secondary N) is 4. The summed E-state index contributed by atoms with van der Waals surface area (Å²) in [5.74, 6) is 3.11. The molecule has 0 aliphatic heterocycles. The summed E-state index contributed by atoms with van der Waals surface area (Å²) in [5, 5.41) is 49.0. The van der Waals surface area contributed by atoms with Crippen LogP contribution in [0.5, 0.6) is 0 Å². The van der Waals surface area contributed by atoms with Gasteiger partial charge in [0.1, 0.15) is 0 Å². The lowest BCUT2D eigenvalue weighted by Gasteiger charge is -2.22. The fourth-order valence-electron chi connectivity index (χ4n) is 13.7. The first-order chi connectivity index (χ1) is 48.4. The van der Waals surface area contributed by atoms with Crippen molar-refractivity contribution in [3.05, 3.63) is 163 Å². The van der Waals surface area contributed by atoms with E-state index in [-0.39, 0.29) is 56.0 Å². The predicted molar refractivity (Wildman–Crippen MR) is 391 cm³/mol. The summed E-state index contributed by atoms with van der Waals surface area (Å²) < 4.78 is 0. The first kappa shape index (κ1) is 73.6. The molecule has 1 unspecified atom stereocenters. The van der Waals surface area contributed by atoms with E-state index < -0.39 is 0 Å². The molecule has 0 saturated heterocycles. The Morgan fingerprint density at radius 3 is 1.04 bits per heavy atom. The van der Waals surface area contributed by atoms with Crippen molar-refractivity contribution in [3.8, 4) is 45.0 Å². The number of aliphatic hydroxyl groups excluding tert-OH is 4. The van der Waals surface area contributed by atoms with E-state index in [0.29, 0.717) is 67.2 Å². The maximum absolute atomic E-state index is 12.6. The third kappa shape index (κ3) is 17.7. The van der Waals surface area contributed by atoms with Crippen LogP contribution in [-0.4, -0.2) is 83.9 Å². The van der Waals surface area contributed by atoms with Crippen molar-refractivity contribution in [1.29, 1.82) is 0 Å². The van der Waals surface area contributed by atoms with Crippen LogP contribution < -0.4 is 21.3 Å². The third-order valence-electron chi connectivity index (χ3n) is 19.4. The number of hydrogen-bond acceptors (Lipinski definition) is 16. The Hall–Kier alpha value is -9.08. The van der Waals surface area contributed by atoms with Crippen LogP contribution in [0.3, 0.4) is 0 Å². The Balaban J connectivity index is 0.000000144. The van der Waals surface area contributed by atoms with Gasteiger partial charge in [0.25, 0.3) is 0 Å². The van der Waals surface area contributed by atoms with E-state index in [1.807, 2.05) is 122 Å². The molecular formula is C80H98N12O8. The number of fused-ring (bicyclic) bond motifs is 12. The molecule has 13 rings (SSSR count). The van der Waals surface area contributed by atoms with Crippen LogP contribution in [0.1, 0.15) is 204 Å². The molecule has 4 amide bonds. The van der Waals surface area contributed by atoms with E-state index in [1.54, 1.807) is 0 Å². The number of aromatic nitrogens is 8. The van der Waals surface area contributed by atoms with Gasteiger partial charge in [0.2, 0.25) is 23.6 Å². The monoisotopic (exact) mass is 1350 g/mol. The maximum atomic E-state index is 12.6. The largest absolute Gasteiger partial charge is 0.392 e. The molecule has 5 aliphatic rings. The number of anilines is 4. The molecule has 4 aromatic carbocycles. The second kappa shape index (κ2) is 34.3. The van der Waals surface area contributed by atoms with Crippen molar-refractivity contribution in [1.82, 2.24) is 39.9 Å². The molecule has 0 bridgehead atoms. The number of amides is 4. The van der Waals surface area contributed by atoms with Gasteiger partial charge >= 0.3 is 0 Å². The highest BCUT2D eigenvalue weighted by Gasteiger charge is 2.28. The summed E-state index contributed by atoms with van der Waals surface area (Å²) in [6.45, 7) is 17.7. The normalized spacial score (nSPS) is 13.9. The molecule has 1 fully saturated rings. The molecule has 526 valence electrons. The standard InChI is InChI=1S/C23H29N3O2.2C20H25N3O2.C17H19N3O2/c1-2-19-23(26-21(28)13-15-6-4-3-5-7-15)25-20-11-9-17-12-16(14-27)8-10-18(17)22(20)24-19;1-4-16-20(23-18(25)9-12(2)3)22-17-8-6-14-10-13(11-24)5-7-15(14)19(17)21-16;1-4-12(3)20(25)23-19-16(5-2)21-18-15-8-6-13(11-24)10-14(15)7-9-17(18)22-19;1-3-14-17(18-10(2)22)20-15-7-5-12-8-11(9-21)4-6-13(12)16(15)19-14/h8,10,12,15,27H,2-7,9,11,13-14H2,1H3,(H,25,26,28);5,7,10,12,24H,4,6,8-9,11H2,1-3H3,(H,22,23,25);6,8,10,12,24H,4-5,7,9,11H2,1-3H3,(H,22,23,25);4,6,8,21H,3,5,7,9H2,1-2H3,(H,18,20,22). The number of carbonyl (C=O) groups is 4. The van der Waals surface area contributed by atoms with Gasteiger partial charge in [-0.2, -0.15) is 0 Å². The van der Waals surface area contributed by atoms with E-state index in [2.05, 4.69) is 32.3 Å². The van der Waals surface area contributed by atoms with E-state index in [4.69, 9.17) is 34.9 Å². The van der Waals surface area contributed by atoms with Gasteiger partial charge in [-0.25, -0.2) is 39.9 Å². The molecule has 1 atom stereocenters. The van der Waals surface area contributed by atoms with Crippen LogP contribution in [0.15, 0.2) is 72.8 Å². The summed E-state index contributed by atoms with van der Waals surface area (Å²) in [4.78, 5) is 86.5. The zero-order valence-electron chi connectivity index (χ0n) is 59.6. The topological polar surface area (TPSA) is 300 Å². The lowest BCUT2D eigenvalue weighted by Crippen LogP contribution is -2.23. The number of rotatable bonds is 18. The predicted octanol–water partition coefficient (Wildman–Crippen LogP) is 13.0. The summed E-state index contributed by atoms with van der Waals surface area (Å²) in [6.07, 6.45) is 17.5. The van der Waals surface area contributed by atoms with Crippen molar-refractivity contribution in [3.63, 3.8) is 0 Å². The lowest BCUT2D eigenvalue weighted by molar-refractivity contribution is -0.119. The van der Waals surface area contributed by atoms with Crippen LogP contribution in [0.25, 0.3) is 45.0 Å². The van der Waals surface area contributed by atoms with Gasteiger partial charge in [0.15, 0.2) is 23.3 Å². The summed E-state index contributed by atoms with van der Waals surface area (Å²) in [5.41, 5.74) is 23.5. The number of hydrogen-bond donors (Lipinski definition) is 8. The molecule has 4 aromatic heterocycles. The minimum Gasteiger partial charge on any atom is -0.392 e. The SMILES string of the molecule is CCc1nc2c(nc1NC(=O)C(C)CC)CCc1cc(CO)ccc1-2.CCc1nc2c(nc1NC(=O)CC(C)C)CCc1cc(CO)ccc1-2.CCc1nc2c(nc1NC(=O)CC1CCCCC1)CCc1cc(CO)ccc1-2.CCc1nc2c(nc1NC(C)=O)CCc1cc(CO)ccc1-2. The van der Waals surface area contributed by atoms with Crippen LogP contribution >= 0.6 is 0 Å². The third-order valence-corrected chi connectivity index (χ3v) is 19.4. The number of aliphatic hydroxyl groups is 4. The molecule has 0 spiro atoms. The Labute approximate surface area is 587 Å². The molecule has 0 radical (unpaired) electrons. The maximum Gasteiger partial charge on any atom is 0.228 e. The molecular weight excluding hydrogens is 1260 g/mol. The van der Waals surface area contributed by atoms with E-state index >= 15 is 0 Å². The van der Waals surface area contributed by atoms with Crippen LogP contribution in [-0.2, 0) is 123 Å². The zero-order valence-corrected chi connectivity index (χ0v) is 59.6. The average molecular weight is 1360 g/mol. The van der Waals surface area contributed by atoms with E-state index in [1.165, 1.54) is 48.4 Å². The van der Waals surface area contributed by atoms with Crippen LogP contribution in [0.2, 0.25) is 0 Å². The Kier molecular flexibility index (Phi) is 25.3. The fourth-order valence-corrected chi connectivity index (χ4v) is 13.7. The molecule has 8 N–H and O–H groups in total. The molecule has 5 aliphatic carbocycles. The second-order valence-corrected chi connectivity index (χ2v) is 27.2. The smallest absolute Gasteiger partial charge is 0.228 e. The molecule has 20 heteroatoms. The van der Waals surface area contributed by atoms with Crippen molar-refractivity contribution >= 4 is 46.9 Å². The van der Waals surface area contributed by atoms with Gasteiger partial charge in [0, 0.05) is 47.9 Å². The number of aryl methyl sites for hydroxylation is 12. The van der Waals surface area contributed by atoms with Gasteiger partial charge < -0.3 is 41.7 Å². The molecule has 100 heavy (non-hydrogen) atoms. The quantitative estimate of drug-likeness (QED) is 0.0396. The number of carbonyl (C=O) groups excluding carboxylic acids is 4. The van der Waals surface area contributed by atoms with Crippen molar-refractivity contribution in [2.24, 2.45) is 17.8 Å². The minimum atomic E-state index is -0.132. The molecule has 8 aromatic rings. The fraction of sp³-hybridized carbons (Fsp3) is 0.450. The summed E-state index contributed by atoms with van der Waals surface area (Å²) in [7, 11) is 0. The average Bonchev–Trinajstić information content (AvgIpc) is 0.794. The first-order valence-electron chi connectivity index (χ1n) is 36.1. The minimum absolute atomic E-state index is 0.00440.